The van der Waals surface area contributed by atoms with Gasteiger partial charge in [-0.05, 0) is 53.4 Å². The smallest absolute Gasteiger partial charge is 0.139 e. The molecule has 1 N–H and O–H groups in total. The second-order valence-electron chi connectivity index (χ2n) is 5.13. The fourth-order valence-corrected chi connectivity index (χ4v) is 2.92. The van der Waals surface area contributed by atoms with Crippen LogP contribution in [0.5, 0.6) is 0 Å². The van der Waals surface area contributed by atoms with Gasteiger partial charge in [0.25, 0.3) is 0 Å². The third kappa shape index (κ3) is 2.52. The van der Waals surface area contributed by atoms with E-state index in [-0.39, 0.29) is 12.4 Å². The minimum absolute atomic E-state index is 0.102. The Morgan fingerprint density at radius 1 is 1.35 bits per heavy atom. The number of fused-ring (bicyclic) bond motifs is 1. The van der Waals surface area contributed by atoms with E-state index in [2.05, 4.69) is 25.8 Å². The van der Waals surface area contributed by atoms with Gasteiger partial charge in [0.15, 0.2) is 0 Å². The Labute approximate surface area is 125 Å². The molecule has 3 nitrogen and oxygen atoms in total. The zero-order valence-corrected chi connectivity index (χ0v) is 12.6. The summed E-state index contributed by atoms with van der Waals surface area (Å²) in [6, 6.07) is 7.53. The summed E-state index contributed by atoms with van der Waals surface area (Å²) >= 11 is 3.19. The fourth-order valence-electron chi connectivity index (χ4n) is 2.56. The van der Waals surface area contributed by atoms with Crippen LogP contribution in [0.4, 0.5) is 10.2 Å². The van der Waals surface area contributed by atoms with Crippen molar-refractivity contribution in [1.29, 1.82) is 0 Å². The van der Waals surface area contributed by atoms with Gasteiger partial charge in [0.05, 0.1) is 16.6 Å². The summed E-state index contributed by atoms with van der Waals surface area (Å²) in [6.07, 6.45) is 3.49. The summed E-state index contributed by atoms with van der Waals surface area (Å²) in [5.74, 6) is 0.512. The van der Waals surface area contributed by atoms with Crippen LogP contribution in [0.25, 0.3) is 10.9 Å². The molecule has 1 aromatic carbocycles. The quantitative estimate of drug-likeness (QED) is 0.926. The van der Waals surface area contributed by atoms with Gasteiger partial charge in [0.1, 0.15) is 11.6 Å². The van der Waals surface area contributed by atoms with Crippen LogP contribution < -0.4 is 4.90 Å². The first-order valence-corrected chi connectivity index (χ1v) is 7.61. The van der Waals surface area contributed by atoms with Crippen molar-refractivity contribution in [3.8, 4) is 0 Å². The molecule has 1 aliphatic carbocycles. The molecule has 2 aromatic rings. The third-order valence-electron chi connectivity index (χ3n) is 3.87. The Kier molecular flexibility index (Phi) is 3.89. The number of pyridine rings is 1. The monoisotopic (exact) mass is 338 g/mol. The minimum atomic E-state index is -0.306. The van der Waals surface area contributed by atoms with Gasteiger partial charge in [-0.25, -0.2) is 9.37 Å². The number of hydrogen-bond donors (Lipinski definition) is 1. The van der Waals surface area contributed by atoms with E-state index in [1.54, 1.807) is 6.07 Å². The maximum absolute atomic E-state index is 13.6. The molecule has 5 heteroatoms. The maximum Gasteiger partial charge on any atom is 0.139 e. The van der Waals surface area contributed by atoms with Crippen LogP contribution in [-0.4, -0.2) is 29.3 Å². The normalized spacial score (nSPS) is 15.3. The summed E-state index contributed by atoms with van der Waals surface area (Å²) < 4.78 is 14.1. The number of aliphatic hydroxyl groups excluding tert-OH is 1. The molecule has 0 atom stereocenters. The van der Waals surface area contributed by atoms with Crippen molar-refractivity contribution in [1.82, 2.24) is 4.98 Å². The van der Waals surface area contributed by atoms with E-state index >= 15 is 0 Å². The molecule has 0 radical (unpaired) electrons. The largest absolute Gasteiger partial charge is 0.395 e. The summed E-state index contributed by atoms with van der Waals surface area (Å²) in [5, 5.41) is 10.1. The second kappa shape index (κ2) is 5.66. The molecule has 0 saturated heterocycles. The van der Waals surface area contributed by atoms with Gasteiger partial charge in [-0.1, -0.05) is 0 Å². The van der Waals surface area contributed by atoms with Crippen molar-refractivity contribution < 1.29 is 9.50 Å². The highest BCUT2D eigenvalue weighted by atomic mass is 79.9. The molecule has 0 bridgehead atoms. The van der Waals surface area contributed by atoms with Gasteiger partial charge in [-0.2, -0.15) is 0 Å². The number of nitrogens with zero attached hydrogens (tertiary/aromatic N) is 2. The highest BCUT2D eigenvalue weighted by Gasteiger charge is 2.25. The van der Waals surface area contributed by atoms with Gasteiger partial charge in [0, 0.05) is 24.0 Å². The maximum atomic E-state index is 13.6. The van der Waals surface area contributed by atoms with Crippen LogP contribution in [0.1, 0.15) is 19.3 Å². The average Bonchev–Trinajstić information content (AvgIpc) is 2.37. The number of halogens is 2. The first-order chi connectivity index (χ1) is 9.69. The number of anilines is 1. The number of benzene rings is 1. The lowest BCUT2D eigenvalue weighted by Crippen LogP contribution is -2.42. The average molecular weight is 339 g/mol. The van der Waals surface area contributed by atoms with E-state index in [0.717, 1.165) is 24.0 Å². The Balaban J connectivity index is 1.99. The minimum Gasteiger partial charge on any atom is -0.395 e. The lowest BCUT2D eigenvalue weighted by atomic mass is 9.91. The molecule has 1 saturated carbocycles. The first kappa shape index (κ1) is 13.8. The van der Waals surface area contributed by atoms with Crippen molar-refractivity contribution in [3.05, 3.63) is 34.6 Å². The van der Waals surface area contributed by atoms with Gasteiger partial charge < -0.3 is 10.0 Å². The van der Waals surface area contributed by atoms with E-state index in [0.29, 0.717) is 22.6 Å². The Morgan fingerprint density at radius 2 is 2.15 bits per heavy atom. The fraction of sp³-hybridized carbons (Fsp3) is 0.400. The van der Waals surface area contributed by atoms with Crippen LogP contribution in [-0.2, 0) is 0 Å². The molecule has 20 heavy (non-hydrogen) atoms. The van der Waals surface area contributed by atoms with Crippen molar-refractivity contribution in [2.75, 3.05) is 18.1 Å². The van der Waals surface area contributed by atoms with Gasteiger partial charge >= 0.3 is 0 Å². The summed E-state index contributed by atoms with van der Waals surface area (Å²) in [7, 11) is 0. The summed E-state index contributed by atoms with van der Waals surface area (Å²) in [5.41, 5.74) is 0.644. The van der Waals surface area contributed by atoms with Gasteiger partial charge in [-0.15, -0.1) is 0 Å². The first-order valence-electron chi connectivity index (χ1n) is 6.82. The topological polar surface area (TPSA) is 36.4 Å². The third-order valence-corrected chi connectivity index (χ3v) is 4.47. The van der Waals surface area contributed by atoms with Crippen LogP contribution in [0.3, 0.4) is 0 Å². The standard InChI is InChI=1S/C15H16BrFN2O/c16-12-8-10-4-5-15(18-14(10)9-13(12)17)19(6-7-20)11-2-1-3-11/h4-5,8-9,11,20H,1-3,6-7H2. The summed E-state index contributed by atoms with van der Waals surface area (Å²) in [6.45, 7) is 0.674. The van der Waals surface area contributed by atoms with Crippen LogP contribution in [0.15, 0.2) is 28.7 Å². The van der Waals surface area contributed by atoms with Crippen LogP contribution in [0, 0.1) is 5.82 Å². The molecular weight excluding hydrogens is 323 g/mol. The zero-order valence-electron chi connectivity index (χ0n) is 11.0. The highest BCUT2D eigenvalue weighted by molar-refractivity contribution is 9.10. The van der Waals surface area contributed by atoms with Crippen molar-refractivity contribution in [2.24, 2.45) is 0 Å². The molecular formula is C15H16BrFN2O. The second-order valence-corrected chi connectivity index (χ2v) is 5.98. The molecule has 1 aromatic heterocycles. The molecule has 3 rings (SSSR count). The molecule has 1 heterocycles. The lowest BCUT2D eigenvalue weighted by molar-refractivity contribution is 0.283. The molecule has 0 amide bonds. The Bertz CT molecular complexity index is 631. The van der Waals surface area contributed by atoms with E-state index in [1.165, 1.54) is 12.5 Å². The number of hydrogen-bond acceptors (Lipinski definition) is 3. The zero-order chi connectivity index (χ0) is 14.1. The molecule has 106 valence electrons. The van der Waals surface area contributed by atoms with E-state index in [9.17, 15) is 9.50 Å². The van der Waals surface area contributed by atoms with Crippen molar-refractivity contribution >= 4 is 32.7 Å². The molecule has 0 aliphatic heterocycles. The van der Waals surface area contributed by atoms with Gasteiger partial charge in [-0.3, -0.25) is 0 Å². The Morgan fingerprint density at radius 3 is 2.80 bits per heavy atom. The van der Waals surface area contributed by atoms with Crippen molar-refractivity contribution in [3.63, 3.8) is 0 Å². The molecule has 1 fully saturated rings. The number of rotatable bonds is 4. The predicted octanol–water partition coefficient (Wildman–Crippen LogP) is 3.49. The molecule has 1 aliphatic rings. The number of aromatic nitrogens is 1. The SMILES string of the molecule is OCCN(c1ccc2cc(Br)c(F)cc2n1)C1CCC1. The molecule has 0 unspecified atom stereocenters. The highest BCUT2D eigenvalue weighted by Crippen LogP contribution is 2.30. The summed E-state index contributed by atoms with van der Waals surface area (Å²) in [4.78, 5) is 6.68. The van der Waals surface area contributed by atoms with Crippen LogP contribution in [0.2, 0.25) is 0 Å². The van der Waals surface area contributed by atoms with E-state index in [1.807, 2.05) is 12.1 Å². The number of aliphatic hydroxyl groups is 1. The van der Waals surface area contributed by atoms with Crippen molar-refractivity contribution in [2.45, 2.75) is 25.3 Å². The Hall–Kier alpha value is -1.20. The van der Waals surface area contributed by atoms with Crippen LogP contribution >= 0.6 is 15.9 Å². The van der Waals surface area contributed by atoms with Gasteiger partial charge in [0.2, 0.25) is 0 Å². The van der Waals surface area contributed by atoms with E-state index in [4.69, 9.17) is 0 Å². The van der Waals surface area contributed by atoms with E-state index < -0.39 is 0 Å². The molecule has 0 spiro atoms. The lowest BCUT2D eigenvalue weighted by Gasteiger charge is -2.38. The predicted molar refractivity (Wildman–Crippen MR) is 81.5 cm³/mol.